The number of nitrogens with zero attached hydrogens (tertiary/aromatic N) is 3. The van der Waals surface area contributed by atoms with E-state index < -0.39 is 5.54 Å². The highest BCUT2D eigenvalue weighted by molar-refractivity contribution is 6.17. The lowest BCUT2D eigenvalue weighted by Gasteiger charge is -2.28. The minimum Gasteiger partial charge on any atom is -0.330 e. The molecule has 1 saturated carbocycles. The van der Waals surface area contributed by atoms with Gasteiger partial charge in [0, 0.05) is 22.9 Å². The average molecular weight is 429 g/mol. The van der Waals surface area contributed by atoms with Crippen LogP contribution in [0, 0.1) is 17.2 Å². The molecule has 1 amide bonds. The van der Waals surface area contributed by atoms with Gasteiger partial charge >= 0.3 is 0 Å². The van der Waals surface area contributed by atoms with Crippen LogP contribution in [0.3, 0.4) is 0 Å². The fourth-order valence-electron chi connectivity index (χ4n) is 4.86. The number of aryl methyl sites for hydroxylation is 1. The second kappa shape index (κ2) is 9.26. The van der Waals surface area contributed by atoms with Crippen LogP contribution < -0.4 is 10.6 Å². The molecule has 1 heterocycles. The van der Waals surface area contributed by atoms with E-state index in [2.05, 4.69) is 18.2 Å². The second-order valence-electron chi connectivity index (χ2n) is 9.43. The first-order valence-electron chi connectivity index (χ1n) is 11.7. The van der Waals surface area contributed by atoms with Gasteiger partial charge in [0.15, 0.2) is 0 Å². The Morgan fingerprint density at radius 2 is 1.84 bits per heavy atom. The summed E-state index contributed by atoms with van der Waals surface area (Å²) < 4.78 is 0. The maximum atomic E-state index is 13.8. The zero-order chi connectivity index (χ0) is 22.7. The summed E-state index contributed by atoms with van der Waals surface area (Å²) in [4.78, 5) is 20.7. The van der Waals surface area contributed by atoms with Crippen LogP contribution in [0.15, 0.2) is 47.5 Å². The van der Waals surface area contributed by atoms with Crippen molar-refractivity contribution >= 4 is 23.0 Å². The van der Waals surface area contributed by atoms with Crippen LogP contribution in [0.5, 0.6) is 0 Å². The van der Waals surface area contributed by atoms with Crippen LogP contribution in [-0.2, 0) is 11.2 Å². The highest BCUT2D eigenvalue weighted by Gasteiger charge is 2.40. The van der Waals surface area contributed by atoms with Crippen molar-refractivity contribution in [3.05, 3.63) is 59.2 Å². The number of anilines is 2. The molecule has 4 rings (SSSR count). The van der Waals surface area contributed by atoms with Crippen LogP contribution in [0.2, 0.25) is 0 Å². The Hall–Kier alpha value is -2.97. The predicted octanol–water partition coefficient (Wildman–Crippen LogP) is 5.28. The van der Waals surface area contributed by atoms with Gasteiger partial charge in [0.1, 0.15) is 5.54 Å². The normalized spacial score (nSPS) is 18.5. The number of nitriles is 1. The summed E-state index contributed by atoms with van der Waals surface area (Å²) in [5.41, 5.74) is 10.1. The minimum atomic E-state index is -0.892. The van der Waals surface area contributed by atoms with Crippen LogP contribution in [0.25, 0.3) is 0 Å². The molecular formula is C27H32N4O. The lowest BCUT2D eigenvalue weighted by molar-refractivity contribution is -0.121. The molecule has 0 radical (unpaired) electrons. The molecule has 0 bridgehead atoms. The molecule has 1 aliphatic heterocycles. The predicted molar refractivity (Wildman–Crippen MR) is 129 cm³/mol. The van der Waals surface area contributed by atoms with Crippen molar-refractivity contribution in [3.63, 3.8) is 0 Å². The van der Waals surface area contributed by atoms with Crippen molar-refractivity contribution in [2.24, 2.45) is 16.6 Å². The molecule has 2 aliphatic rings. The van der Waals surface area contributed by atoms with Gasteiger partial charge in [0.05, 0.1) is 17.3 Å². The lowest BCUT2D eigenvalue weighted by atomic mass is 9.82. The second-order valence-corrected chi connectivity index (χ2v) is 9.43. The molecule has 166 valence electrons. The van der Waals surface area contributed by atoms with Gasteiger partial charge in [-0.2, -0.15) is 5.26 Å². The van der Waals surface area contributed by atoms with Gasteiger partial charge in [-0.3, -0.25) is 14.7 Å². The van der Waals surface area contributed by atoms with Gasteiger partial charge in [-0.15, -0.1) is 0 Å². The Morgan fingerprint density at radius 3 is 2.50 bits per heavy atom. The van der Waals surface area contributed by atoms with Crippen molar-refractivity contribution in [2.75, 3.05) is 11.4 Å². The minimum absolute atomic E-state index is 0.0747. The van der Waals surface area contributed by atoms with E-state index in [0.29, 0.717) is 18.0 Å². The molecule has 32 heavy (non-hydrogen) atoms. The first-order chi connectivity index (χ1) is 15.4. The van der Waals surface area contributed by atoms with Crippen LogP contribution in [0.4, 0.5) is 11.4 Å². The van der Waals surface area contributed by atoms with Gasteiger partial charge < -0.3 is 5.73 Å². The van der Waals surface area contributed by atoms with Gasteiger partial charge in [-0.05, 0) is 82.0 Å². The van der Waals surface area contributed by atoms with Crippen LogP contribution in [-0.4, -0.2) is 23.7 Å². The summed E-state index contributed by atoms with van der Waals surface area (Å²) in [6.07, 6.45) is 7.68. The van der Waals surface area contributed by atoms with Gasteiger partial charge in [0.2, 0.25) is 0 Å². The van der Waals surface area contributed by atoms with Gasteiger partial charge in [-0.1, -0.05) is 31.4 Å². The standard InChI is InChI=1S/C27H32N4O/c1-27(2)26(32)31(22-13-10-19(11-14-22)7-6-16-28)24-17-20(18-29)12-15-23(24)25(30-27)21-8-4-3-5-9-21/h10-15,17,21H,3-9,16,28H2,1-2H3. The lowest BCUT2D eigenvalue weighted by Crippen LogP contribution is -2.41. The number of hydrogen-bond acceptors (Lipinski definition) is 4. The summed E-state index contributed by atoms with van der Waals surface area (Å²) in [6.45, 7) is 4.46. The number of benzodiazepines with no additional fused rings is 1. The molecule has 1 aliphatic carbocycles. The summed E-state index contributed by atoms with van der Waals surface area (Å²) in [7, 11) is 0. The maximum absolute atomic E-state index is 13.8. The third-order valence-corrected chi connectivity index (χ3v) is 6.63. The topological polar surface area (TPSA) is 82.5 Å². The number of carbonyl (C=O) groups excluding carboxylic acids is 1. The Balaban J connectivity index is 1.85. The number of hydrogen-bond donors (Lipinski definition) is 1. The van der Waals surface area contributed by atoms with Crippen molar-refractivity contribution in [2.45, 2.75) is 64.3 Å². The molecule has 0 saturated heterocycles. The number of aliphatic imine (C=N–C) groups is 1. The quantitative estimate of drug-likeness (QED) is 0.704. The third-order valence-electron chi connectivity index (χ3n) is 6.63. The summed E-state index contributed by atoms with van der Waals surface area (Å²) in [5, 5.41) is 9.57. The average Bonchev–Trinajstić information content (AvgIpc) is 2.90. The molecule has 0 atom stereocenters. The SMILES string of the molecule is CC1(C)N=C(C2CCCCC2)c2ccc(C#N)cc2N(c2ccc(CCCN)cc2)C1=O. The molecule has 0 spiro atoms. The van der Waals surface area contributed by atoms with Crippen molar-refractivity contribution in [1.29, 1.82) is 5.26 Å². The van der Waals surface area contributed by atoms with Crippen molar-refractivity contribution in [3.8, 4) is 6.07 Å². The zero-order valence-corrected chi connectivity index (χ0v) is 19.1. The fraction of sp³-hybridized carbons (Fsp3) is 0.444. The Kier molecular flexibility index (Phi) is 6.43. The van der Waals surface area contributed by atoms with E-state index in [1.54, 1.807) is 4.90 Å². The molecule has 2 N–H and O–H groups in total. The maximum Gasteiger partial charge on any atom is 0.258 e. The first-order valence-corrected chi connectivity index (χ1v) is 11.7. The fourth-order valence-corrected chi connectivity index (χ4v) is 4.86. The smallest absolute Gasteiger partial charge is 0.258 e. The monoisotopic (exact) mass is 428 g/mol. The molecule has 5 nitrogen and oxygen atoms in total. The van der Waals surface area contributed by atoms with Crippen LogP contribution in [0.1, 0.15) is 69.1 Å². The van der Waals surface area contributed by atoms with E-state index in [1.807, 2.05) is 44.2 Å². The van der Waals surface area contributed by atoms with Crippen LogP contribution >= 0.6 is 0 Å². The molecule has 0 unspecified atom stereocenters. The number of nitrogens with two attached hydrogens (primary N) is 1. The zero-order valence-electron chi connectivity index (χ0n) is 19.1. The molecule has 1 fully saturated rings. The number of rotatable bonds is 5. The summed E-state index contributed by atoms with van der Waals surface area (Å²) in [5.74, 6) is 0.274. The van der Waals surface area contributed by atoms with E-state index in [9.17, 15) is 10.1 Å². The highest BCUT2D eigenvalue weighted by atomic mass is 16.2. The molecule has 2 aromatic carbocycles. The number of amides is 1. The largest absolute Gasteiger partial charge is 0.330 e. The van der Waals surface area contributed by atoms with Crippen molar-refractivity contribution < 1.29 is 4.79 Å². The van der Waals surface area contributed by atoms with E-state index >= 15 is 0 Å². The number of fused-ring (bicyclic) bond motifs is 1. The van der Waals surface area contributed by atoms with E-state index in [0.717, 1.165) is 48.3 Å². The Morgan fingerprint density at radius 1 is 1.12 bits per heavy atom. The first kappa shape index (κ1) is 22.2. The van der Waals surface area contributed by atoms with E-state index in [-0.39, 0.29) is 5.91 Å². The van der Waals surface area contributed by atoms with E-state index in [1.165, 1.54) is 24.8 Å². The third kappa shape index (κ3) is 4.33. The molecule has 5 heteroatoms. The Bertz CT molecular complexity index is 1060. The molecule has 0 aromatic heterocycles. The molecule has 2 aromatic rings. The number of carbonyl (C=O) groups is 1. The highest BCUT2D eigenvalue weighted by Crippen LogP contribution is 2.40. The Labute approximate surface area is 191 Å². The van der Waals surface area contributed by atoms with Crippen molar-refractivity contribution in [1.82, 2.24) is 0 Å². The van der Waals surface area contributed by atoms with Gasteiger partial charge in [0.25, 0.3) is 5.91 Å². The summed E-state index contributed by atoms with van der Waals surface area (Å²) >= 11 is 0. The summed E-state index contributed by atoms with van der Waals surface area (Å²) in [6, 6.07) is 16.0. The number of benzene rings is 2. The molecular weight excluding hydrogens is 396 g/mol. The van der Waals surface area contributed by atoms with E-state index in [4.69, 9.17) is 10.7 Å². The van der Waals surface area contributed by atoms with Gasteiger partial charge in [-0.25, -0.2) is 0 Å².